The molecule has 0 fully saturated rings. The van der Waals surface area contributed by atoms with Crippen molar-refractivity contribution in [2.75, 3.05) is 38.8 Å². The van der Waals surface area contributed by atoms with Gasteiger partial charge in [-0.3, -0.25) is 4.79 Å². The number of nitrogens with one attached hydrogen (secondary N) is 1. The van der Waals surface area contributed by atoms with Crippen LogP contribution >= 0.6 is 27.7 Å². The van der Waals surface area contributed by atoms with Crippen LogP contribution in [0.15, 0.2) is 15.5 Å². The summed E-state index contributed by atoms with van der Waals surface area (Å²) in [5, 5.41) is 7.50. The van der Waals surface area contributed by atoms with Crippen molar-refractivity contribution in [3.8, 4) is 0 Å². The molecule has 1 aromatic rings. The second-order valence-electron chi connectivity index (χ2n) is 5.52. The van der Waals surface area contributed by atoms with Crippen molar-refractivity contribution in [3.63, 3.8) is 0 Å². The third kappa shape index (κ3) is 5.10. The van der Waals surface area contributed by atoms with Crippen molar-refractivity contribution in [2.45, 2.75) is 25.1 Å². The molecule has 0 aliphatic carbocycles. The predicted molar refractivity (Wildman–Crippen MR) is 90.8 cm³/mol. The van der Waals surface area contributed by atoms with Gasteiger partial charge in [0.25, 0.3) is 5.56 Å². The first-order valence-corrected chi connectivity index (χ1v) is 8.48. The van der Waals surface area contributed by atoms with Gasteiger partial charge in [-0.15, -0.1) is 0 Å². The Morgan fingerprint density at radius 1 is 1.50 bits per heavy atom. The Balaban J connectivity index is 2.81. The molecule has 7 heteroatoms. The summed E-state index contributed by atoms with van der Waals surface area (Å²) in [6, 6.07) is 0. The lowest BCUT2D eigenvalue weighted by Crippen LogP contribution is -2.31. The molecule has 5 nitrogen and oxygen atoms in total. The van der Waals surface area contributed by atoms with Crippen molar-refractivity contribution in [3.05, 3.63) is 21.0 Å². The fourth-order valence-electron chi connectivity index (χ4n) is 1.42. The number of aromatic nitrogens is 2. The minimum atomic E-state index is -0.0983. The lowest BCUT2D eigenvalue weighted by molar-refractivity contribution is 0.367. The van der Waals surface area contributed by atoms with Crippen LogP contribution in [0.3, 0.4) is 0 Å². The average Bonchev–Trinajstić information content (AvgIpc) is 2.39. The van der Waals surface area contributed by atoms with Gasteiger partial charge in [-0.25, -0.2) is 4.68 Å². The van der Waals surface area contributed by atoms with Gasteiger partial charge in [0.05, 0.1) is 18.4 Å². The second kappa shape index (κ2) is 7.47. The summed E-state index contributed by atoms with van der Waals surface area (Å²) in [5.74, 6) is 0. The number of rotatable bonds is 7. The van der Waals surface area contributed by atoms with Gasteiger partial charge in [0, 0.05) is 17.8 Å². The second-order valence-corrected chi connectivity index (χ2v) is 7.83. The summed E-state index contributed by atoms with van der Waals surface area (Å²) in [7, 11) is 3.95. The first kappa shape index (κ1) is 17.5. The quantitative estimate of drug-likeness (QED) is 0.804. The fraction of sp³-hybridized carbons (Fsp3) is 0.692. The van der Waals surface area contributed by atoms with Gasteiger partial charge in [0.15, 0.2) is 0 Å². The zero-order valence-corrected chi connectivity index (χ0v) is 15.1. The van der Waals surface area contributed by atoms with Crippen molar-refractivity contribution >= 4 is 33.4 Å². The van der Waals surface area contributed by atoms with Gasteiger partial charge in [-0.1, -0.05) is 0 Å². The highest BCUT2D eigenvalue weighted by Gasteiger charge is 2.17. The van der Waals surface area contributed by atoms with Crippen LogP contribution in [0.5, 0.6) is 0 Å². The topological polar surface area (TPSA) is 50.2 Å². The van der Waals surface area contributed by atoms with Crippen molar-refractivity contribution < 1.29 is 0 Å². The van der Waals surface area contributed by atoms with E-state index in [4.69, 9.17) is 0 Å². The summed E-state index contributed by atoms with van der Waals surface area (Å²) in [6.07, 6.45) is 3.78. The number of anilines is 1. The van der Waals surface area contributed by atoms with E-state index in [-0.39, 0.29) is 10.3 Å². The van der Waals surface area contributed by atoms with E-state index in [2.05, 4.69) is 46.4 Å². The molecule has 1 rings (SSSR count). The molecule has 20 heavy (non-hydrogen) atoms. The minimum Gasteiger partial charge on any atom is -0.381 e. The smallest absolute Gasteiger partial charge is 0.283 e. The van der Waals surface area contributed by atoms with E-state index < -0.39 is 0 Å². The van der Waals surface area contributed by atoms with Crippen LogP contribution in [-0.4, -0.2) is 52.9 Å². The maximum atomic E-state index is 12.2. The molecular weight excluding hydrogens is 340 g/mol. The molecule has 0 spiro atoms. The van der Waals surface area contributed by atoms with Crippen LogP contribution in [-0.2, 0) is 6.54 Å². The highest BCUT2D eigenvalue weighted by molar-refractivity contribution is 9.10. The first-order valence-electron chi connectivity index (χ1n) is 6.46. The van der Waals surface area contributed by atoms with Crippen LogP contribution in [0.1, 0.15) is 13.8 Å². The number of likely N-dealkylation sites (N-methyl/N-ethyl adjacent to an activating group) is 1. The maximum absolute atomic E-state index is 12.2. The van der Waals surface area contributed by atoms with E-state index in [1.165, 1.54) is 4.68 Å². The van der Waals surface area contributed by atoms with E-state index in [0.717, 1.165) is 18.8 Å². The average molecular weight is 363 g/mol. The Morgan fingerprint density at radius 2 is 2.15 bits per heavy atom. The maximum Gasteiger partial charge on any atom is 0.283 e. The van der Waals surface area contributed by atoms with Gasteiger partial charge in [-0.05, 0) is 50.1 Å². The molecule has 0 aromatic carbocycles. The molecule has 0 aliphatic rings. The molecular formula is C13H23BrN4OS. The summed E-state index contributed by atoms with van der Waals surface area (Å²) >= 11 is 5.16. The van der Waals surface area contributed by atoms with E-state index in [0.29, 0.717) is 11.0 Å². The van der Waals surface area contributed by atoms with E-state index in [1.54, 1.807) is 18.0 Å². The van der Waals surface area contributed by atoms with Crippen LogP contribution < -0.4 is 10.9 Å². The van der Waals surface area contributed by atoms with Gasteiger partial charge < -0.3 is 10.2 Å². The first-order chi connectivity index (χ1) is 9.26. The Kier molecular flexibility index (Phi) is 6.54. The van der Waals surface area contributed by atoms with Crippen LogP contribution in [0.2, 0.25) is 0 Å². The molecule has 0 saturated carbocycles. The minimum absolute atomic E-state index is 0.0983. The Labute approximate surface area is 133 Å². The normalized spacial score (nSPS) is 11.9. The molecule has 0 atom stereocenters. The summed E-state index contributed by atoms with van der Waals surface area (Å²) in [5.41, 5.74) is 0.650. The third-order valence-corrected chi connectivity index (χ3v) is 5.02. The highest BCUT2D eigenvalue weighted by Crippen LogP contribution is 2.23. The molecule has 1 aromatic heterocycles. The summed E-state index contributed by atoms with van der Waals surface area (Å²) in [6.45, 7) is 6.46. The Bertz CT molecular complexity index is 502. The van der Waals surface area contributed by atoms with Crippen molar-refractivity contribution in [1.29, 1.82) is 0 Å². The Morgan fingerprint density at radius 3 is 2.70 bits per heavy atom. The molecule has 0 unspecified atom stereocenters. The van der Waals surface area contributed by atoms with E-state index in [1.807, 2.05) is 19.0 Å². The van der Waals surface area contributed by atoms with Crippen molar-refractivity contribution in [2.24, 2.45) is 0 Å². The van der Waals surface area contributed by atoms with Gasteiger partial charge in [0.1, 0.15) is 4.47 Å². The number of hydrogen-bond acceptors (Lipinski definition) is 5. The number of hydrogen-bond donors (Lipinski definition) is 1. The van der Waals surface area contributed by atoms with Crippen LogP contribution in [0.25, 0.3) is 0 Å². The van der Waals surface area contributed by atoms with Gasteiger partial charge in [-0.2, -0.15) is 16.9 Å². The van der Waals surface area contributed by atoms with Crippen LogP contribution in [0, 0.1) is 0 Å². The zero-order chi connectivity index (χ0) is 15.3. The Hall–Kier alpha value is -0.530. The third-order valence-electron chi connectivity index (χ3n) is 3.00. The van der Waals surface area contributed by atoms with E-state index in [9.17, 15) is 4.79 Å². The van der Waals surface area contributed by atoms with E-state index >= 15 is 0 Å². The zero-order valence-electron chi connectivity index (χ0n) is 12.7. The standard InChI is InChI=1S/C13H23BrN4OS/c1-13(2,20-5)9-15-10-8-16-18(7-6-17(3)4)12(19)11(10)14/h8,15H,6-7,9H2,1-5H3. The SMILES string of the molecule is CSC(C)(C)CNc1cnn(CCN(C)C)c(=O)c1Br. The van der Waals surface area contributed by atoms with Crippen LogP contribution in [0.4, 0.5) is 5.69 Å². The molecule has 1 heterocycles. The monoisotopic (exact) mass is 362 g/mol. The fourth-order valence-corrected chi connectivity index (χ4v) is 2.09. The molecule has 0 bridgehead atoms. The number of thioether (sulfide) groups is 1. The lowest BCUT2D eigenvalue weighted by Gasteiger charge is -2.23. The molecule has 0 saturated heterocycles. The summed E-state index contributed by atoms with van der Waals surface area (Å²) < 4.78 is 2.14. The molecule has 0 amide bonds. The van der Waals surface area contributed by atoms with Crippen molar-refractivity contribution in [1.82, 2.24) is 14.7 Å². The van der Waals surface area contributed by atoms with Gasteiger partial charge >= 0.3 is 0 Å². The molecule has 114 valence electrons. The lowest BCUT2D eigenvalue weighted by atomic mass is 10.2. The largest absolute Gasteiger partial charge is 0.381 e. The molecule has 1 N–H and O–H groups in total. The predicted octanol–water partition coefficient (Wildman–Crippen LogP) is 2.12. The molecule has 0 radical (unpaired) electrons. The highest BCUT2D eigenvalue weighted by atomic mass is 79.9. The summed E-state index contributed by atoms with van der Waals surface area (Å²) in [4.78, 5) is 14.2. The number of halogens is 1. The van der Waals surface area contributed by atoms with Gasteiger partial charge in [0.2, 0.25) is 0 Å². The molecule has 0 aliphatic heterocycles. The number of nitrogens with zero attached hydrogens (tertiary/aromatic N) is 3.